The van der Waals surface area contributed by atoms with Gasteiger partial charge in [-0.05, 0) is 12.1 Å². The fourth-order valence-electron chi connectivity index (χ4n) is 1.39. The van der Waals surface area contributed by atoms with Crippen molar-refractivity contribution in [3.05, 3.63) is 131 Å². The van der Waals surface area contributed by atoms with E-state index in [4.69, 9.17) is 40.9 Å². The molecule has 0 saturated heterocycles. The van der Waals surface area contributed by atoms with Gasteiger partial charge in [-0.3, -0.25) is 10.2 Å². The second-order valence-corrected chi connectivity index (χ2v) is 4.79. The molecule has 0 spiro atoms. The van der Waals surface area contributed by atoms with Crippen LogP contribution in [0.15, 0.2) is 111 Å². The van der Waals surface area contributed by atoms with Crippen LogP contribution in [0.3, 0.4) is 0 Å². The van der Waals surface area contributed by atoms with Crippen LogP contribution in [0.1, 0.15) is 0 Å². The molecule has 6 aromatic rings. The van der Waals surface area contributed by atoms with Gasteiger partial charge in [0, 0.05) is 237 Å². The van der Waals surface area contributed by atoms with Crippen molar-refractivity contribution in [2.75, 3.05) is 0 Å². The van der Waals surface area contributed by atoms with Gasteiger partial charge in [0.15, 0.2) is 24.8 Å². The van der Waals surface area contributed by atoms with Gasteiger partial charge in [-0.1, -0.05) is 0 Å². The van der Waals surface area contributed by atoms with E-state index in [1.165, 1.54) is 0 Å². The van der Waals surface area contributed by atoms with Crippen LogP contribution in [0.4, 0.5) is 0 Å². The smallest absolute Gasteiger partial charge is 0.192 e. The summed E-state index contributed by atoms with van der Waals surface area (Å²) in [5.41, 5.74) is 0. The average molecular weight is 1710 g/mol. The Morgan fingerprint density at radius 1 is 0.268 bits per heavy atom. The Morgan fingerprint density at radius 3 is 0.437 bits per heavy atom. The monoisotopic (exact) mass is 1730 g/mol. The maximum atomic E-state index is 7.00. The summed E-state index contributed by atoms with van der Waals surface area (Å²) in [6.45, 7) is 0. The summed E-state index contributed by atoms with van der Waals surface area (Å²) in [5, 5.41) is 62.3. The number of H-pyrrole nitrogens is 10. The molecule has 16 N–H and O–H groups in total. The first-order valence-electron chi connectivity index (χ1n) is 9.52. The van der Waals surface area contributed by atoms with Crippen molar-refractivity contribution in [1.29, 1.82) is 0 Å². The SMILES string of the molecule is O.O.O.O=O.O=O.[Mo].[Mo].[Mo].[Mo].[Mo].[Mo].[Mo].[Mo].[O-2].[O-2].[O-2].[O-2].[O-2].[O-2].[O-2].[O-2].[O-2].[O-2].[O-2].[O-2].[O-2].[O-2].[O-2].[O-2].[O-2].[O-2].[O-2].[O-2].[O-2].[O-2].[O][O-].[O][O-].c1c[nH][nH+]c1.c1c[nH][nH+]c1.c1c[nH][nH+]c1.c1c[nH][nH+]c1.c1cn[nH]c1.c1cn[nH]c1. The molecule has 71 heavy (non-hydrogen) atoms. The number of nitrogens with one attached hydrogen (secondary N) is 10. The molecule has 53 heteroatoms. The van der Waals surface area contributed by atoms with Crippen LogP contribution in [0.25, 0.3) is 0 Å². The molecule has 6 aromatic heterocycles. The average Bonchev–Trinajstić information content (AvgIpc) is 3.91. The van der Waals surface area contributed by atoms with E-state index in [-0.39, 0.29) is 305 Å². The van der Waals surface area contributed by atoms with Crippen LogP contribution in [0.2, 0.25) is 0 Å². The second-order valence-electron chi connectivity index (χ2n) is 4.79. The molecule has 0 fully saturated rings. The van der Waals surface area contributed by atoms with E-state index in [0.717, 1.165) is 0 Å². The first-order valence-corrected chi connectivity index (χ1v) is 9.52. The Kier molecular flexibility index (Phi) is 1650. The molecular formula is C18H34Mo8N12O33-42. The Hall–Kier alpha value is -1.19. The number of rotatable bonds is 0. The summed E-state index contributed by atoms with van der Waals surface area (Å²) in [7, 11) is 0. The third kappa shape index (κ3) is 370. The third-order valence-electron chi connectivity index (χ3n) is 2.58. The fourth-order valence-corrected chi connectivity index (χ4v) is 1.39. The first-order chi connectivity index (χ1) is 19.0. The van der Waals surface area contributed by atoms with Gasteiger partial charge in [0.2, 0.25) is 0 Å². The molecule has 0 amide bonds. The fraction of sp³-hybridized carbons (Fsp3) is 0. The van der Waals surface area contributed by atoms with Gasteiger partial charge in [0.25, 0.3) is 0 Å². The number of hydrogen-bond donors (Lipinski definition) is 6. The molecular weight excluding hydrogens is 1680 g/mol. The van der Waals surface area contributed by atoms with Crippen LogP contribution in [0.5, 0.6) is 0 Å². The predicted octanol–water partition coefficient (Wildman–Crippen LogP) is -7.45. The summed E-state index contributed by atoms with van der Waals surface area (Å²) >= 11 is 0. The first kappa shape index (κ1) is 307. The number of aromatic amines is 10. The van der Waals surface area contributed by atoms with Crippen molar-refractivity contribution < 1.29 is 347 Å². The van der Waals surface area contributed by atoms with E-state index in [1.807, 2.05) is 86.0 Å². The van der Waals surface area contributed by atoms with E-state index in [1.54, 1.807) is 24.8 Å². The van der Waals surface area contributed by atoms with Crippen molar-refractivity contribution in [2.45, 2.75) is 0 Å². The Bertz CT molecular complexity index is 700. The molecule has 0 bridgehead atoms. The van der Waals surface area contributed by atoms with Crippen LogP contribution in [-0.2, 0) is 300 Å². The molecule has 2 radical (unpaired) electrons. The van der Waals surface area contributed by atoms with Crippen LogP contribution >= 0.6 is 0 Å². The van der Waals surface area contributed by atoms with Gasteiger partial charge in [-0.2, -0.15) is 30.6 Å². The number of hydrogen-bond acceptors (Lipinski definition) is 8. The molecule has 0 aliphatic heterocycles. The summed E-state index contributed by atoms with van der Waals surface area (Å²) in [6, 6.07) is 11.2. The summed E-state index contributed by atoms with van der Waals surface area (Å²) < 4.78 is 0. The normalized spacial score (nSPS) is 3.66. The van der Waals surface area contributed by atoms with E-state index in [9.17, 15) is 0 Å². The number of nitrogens with zero attached hydrogens (tertiary/aromatic N) is 2. The Morgan fingerprint density at radius 2 is 0.408 bits per heavy atom. The minimum absolute atomic E-state index is 0. The summed E-state index contributed by atoms with van der Waals surface area (Å²) in [5.74, 6) is 0. The largest absolute Gasteiger partial charge is 2.00 e. The maximum absolute atomic E-state index is 7.00. The van der Waals surface area contributed by atoms with Crippen molar-refractivity contribution in [2.24, 2.45) is 0 Å². The zero-order valence-corrected chi connectivity index (χ0v) is 49.4. The maximum Gasteiger partial charge on any atom is 0.192 e. The van der Waals surface area contributed by atoms with Gasteiger partial charge in [0.05, 0.1) is 24.8 Å². The van der Waals surface area contributed by atoms with Gasteiger partial charge in [0.1, 0.15) is 0 Å². The molecule has 0 saturated carbocycles. The third-order valence-corrected chi connectivity index (χ3v) is 2.58. The van der Waals surface area contributed by atoms with Crippen molar-refractivity contribution in [1.82, 2.24) is 40.8 Å². The summed E-state index contributed by atoms with van der Waals surface area (Å²) in [4.78, 5) is 28.0. The van der Waals surface area contributed by atoms with Gasteiger partial charge >= 0.3 is 0 Å². The Labute approximate surface area is 513 Å². The van der Waals surface area contributed by atoms with Gasteiger partial charge < -0.3 is 158 Å². The molecule has 454 valence electrons. The number of aromatic nitrogens is 12. The zero-order chi connectivity index (χ0) is 29.2. The molecule has 0 atom stereocenters. The summed E-state index contributed by atoms with van der Waals surface area (Å²) in [6.07, 6.45) is 21.5. The van der Waals surface area contributed by atoms with Crippen molar-refractivity contribution >= 4 is 0 Å². The molecule has 6 rings (SSSR count). The zero-order valence-electron chi connectivity index (χ0n) is 33.3. The van der Waals surface area contributed by atoms with Crippen molar-refractivity contribution in [3.8, 4) is 0 Å². The van der Waals surface area contributed by atoms with E-state index in [2.05, 4.69) is 61.2 Å². The van der Waals surface area contributed by atoms with Gasteiger partial charge in [-0.25, -0.2) is 0 Å². The molecule has 0 aliphatic carbocycles. The van der Waals surface area contributed by atoms with Crippen LogP contribution in [-0.4, -0.2) is 57.2 Å². The molecule has 45 nitrogen and oxygen atoms in total. The van der Waals surface area contributed by atoms with Crippen LogP contribution in [0, 0.1) is 19.9 Å². The van der Waals surface area contributed by atoms with Crippen LogP contribution < -0.4 is 30.9 Å². The van der Waals surface area contributed by atoms with E-state index < -0.39 is 0 Å². The molecule has 0 aromatic carbocycles. The standard InChI is InChI=1S/6C3H4N2.8Mo.4O2.3H2O.22O/c6*1-2-4-5-3-1;;;;;;;;;4*1-2;;;;;;;;;;;;;;;;;;;;;;;;;/h6*1-3H,(H,4,5);;;;;;;;;;;;;3*1H2;;;;;;;;;;;;;;;;;;;;;;/q;;;;;;;;;;;;;;;;2*-1;;;;22*-2/p+4. The molecule has 0 unspecified atom stereocenters. The van der Waals surface area contributed by atoms with E-state index in [0.29, 0.717) is 0 Å². The topological polar surface area (TPSA) is 1050 Å². The quantitative estimate of drug-likeness (QED) is 0.0481. The van der Waals surface area contributed by atoms with Gasteiger partial charge in [-0.15, -0.1) is 20.4 Å². The predicted molar refractivity (Wildman–Crippen MR) is 147 cm³/mol. The molecule has 6 heterocycles. The van der Waals surface area contributed by atoms with Crippen molar-refractivity contribution in [3.63, 3.8) is 0 Å². The second kappa shape index (κ2) is 381. The Balaban J connectivity index is -0.00000000498. The van der Waals surface area contributed by atoms with E-state index >= 15 is 0 Å². The minimum Gasteiger partial charge on any atom is -2.00 e. The molecule has 0 aliphatic rings. The minimum atomic E-state index is 0.